The lowest BCUT2D eigenvalue weighted by atomic mass is 10.0. The molecule has 2 aromatic rings. The average molecular weight is 594 g/mol. The molecule has 2 fully saturated rings. The summed E-state index contributed by atoms with van der Waals surface area (Å²) in [5.74, 6) is 0.536. The van der Waals surface area contributed by atoms with Crippen molar-refractivity contribution in [1.82, 2.24) is 14.5 Å². The molecule has 226 valence electrons. The van der Waals surface area contributed by atoms with E-state index in [1.807, 2.05) is 19.0 Å². The van der Waals surface area contributed by atoms with Gasteiger partial charge in [-0.05, 0) is 68.9 Å². The predicted molar refractivity (Wildman–Crippen MR) is 149 cm³/mol. The first-order chi connectivity index (χ1) is 19.6. The van der Waals surface area contributed by atoms with Crippen molar-refractivity contribution in [2.45, 2.75) is 42.3 Å². The van der Waals surface area contributed by atoms with Crippen LogP contribution in [0.1, 0.15) is 12.0 Å². The summed E-state index contributed by atoms with van der Waals surface area (Å²) >= 11 is 0. The number of methoxy groups -OCH3 is 1. The molecule has 0 radical (unpaired) electrons. The Morgan fingerprint density at radius 1 is 1.10 bits per heavy atom. The van der Waals surface area contributed by atoms with Crippen LogP contribution in [0.3, 0.4) is 0 Å². The van der Waals surface area contributed by atoms with Gasteiger partial charge < -0.3 is 39.4 Å². The fourth-order valence-corrected chi connectivity index (χ4v) is 6.34. The average Bonchev–Trinajstić information content (AvgIpc) is 3.56. The number of nitrogens with zero attached hydrogens (tertiary/aromatic N) is 2. The Kier molecular flexibility index (Phi) is 10.4. The molecule has 0 spiro atoms. The van der Waals surface area contributed by atoms with Crippen molar-refractivity contribution in [2.75, 3.05) is 54.1 Å². The molecule has 2 aliphatic heterocycles. The molecule has 2 aliphatic rings. The summed E-state index contributed by atoms with van der Waals surface area (Å²) in [7, 11) is 1.14. The number of carbonyl (C=O) groups is 1. The topological polar surface area (TPSA) is 147 Å². The Morgan fingerprint density at radius 2 is 1.80 bits per heavy atom. The highest BCUT2D eigenvalue weighted by atomic mass is 32.2. The van der Waals surface area contributed by atoms with Crippen LogP contribution in [0.5, 0.6) is 11.5 Å². The van der Waals surface area contributed by atoms with E-state index in [1.54, 1.807) is 24.3 Å². The van der Waals surface area contributed by atoms with E-state index in [0.717, 1.165) is 5.56 Å². The van der Waals surface area contributed by atoms with Crippen molar-refractivity contribution >= 4 is 16.1 Å². The van der Waals surface area contributed by atoms with Gasteiger partial charge in [0, 0.05) is 19.6 Å². The van der Waals surface area contributed by atoms with E-state index in [2.05, 4.69) is 5.32 Å². The van der Waals surface area contributed by atoms with Gasteiger partial charge in [-0.25, -0.2) is 13.2 Å². The number of phenolic OH excluding ortho intramolecular Hbond substituents is 1. The number of fused-ring (bicyclic) bond motifs is 1. The molecular weight excluding hydrogens is 554 g/mol. The zero-order valence-electron chi connectivity index (χ0n) is 23.5. The summed E-state index contributed by atoms with van der Waals surface area (Å²) in [5.41, 5.74) is 0.721. The summed E-state index contributed by atoms with van der Waals surface area (Å²) < 4.78 is 50.4. The second-order valence-corrected chi connectivity index (χ2v) is 12.4. The molecule has 12 nitrogen and oxygen atoms in total. The van der Waals surface area contributed by atoms with Gasteiger partial charge >= 0.3 is 6.09 Å². The monoisotopic (exact) mass is 593 g/mol. The summed E-state index contributed by atoms with van der Waals surface area (Å²) in [5, 5.41) is 23.8. The van der Waals surface area contributed by atoms with Crippen LogP contribution in [-0.2, 0) is 30.7 Å². The molecule has 0 saturated carbocycles. The number of aliphatic hydroxyl groups excluding tert-OH is 1. The third kappa shape index (κ3) is 8.09. The fourth-order valence-electron chi connectivity index (χ4n) is 4.89. The van der Waals surface area contributed by atoms with Gasteiger partial charge in [0.25, 0.3) is 0 Å². The second-order valence-electron chi connectivity index (χ2n) is 10.5. The van der Waals surface area contributed by atoms with Crippen LogP contribution >= 0.6 is 0 Å². The van der Waals surface area contributed by atoms with Crippen molar-refractivity contribution in [3.8, 4) is 11.5 Å². The highest BCUT2D eigenvalue weighted by Gasteiger charge is 2.44. The number of sulfonamides is 1. The Balaban J connectivity index is 1.52. The third-order valence-electron chi connectivity index (χ3n) is 7.29. The maximum atomic E-state index is 13.6. The summed E-state index contributed by atoms with van der Waals surface area (Å²) in [6.07, 6.45) is -2.04. The highest BCUT2D eigenvalue weighted by molar-refractivity contribution is 7.89. The van der Waals surface area contributed by atoms with Gasteiger partial charge in [0.2, 0.25) is 10.0 Å². The first kappa shape index (κ1) is 31.0. The van der Waals surface area contributed by atoms with Crippen LogP contribution in [-0.4, -0.2) is 113 Å². The minimum atomic E-state index is -4.00. The van der Waals surface area contributed by atoms with Crippen molar-refractivity contribution in [1.29, 1.82) is 0 Å². The normalized spacial score (nSPS) is 22.0. The number of rotatable bonds is 13. The first-order valence-electron chi connectivity index (χ1n) is 13.5. The molecule has 2 aromatic carbocycles. The van der Waals surface area contributed by atoms with E-state index in [4.69, 9.17) is 18.9 Å². The predicted octanol–water partition coefficient (Wildman–Crippen LogP) is 1.41. The SMILES string of the molecule is COc1ccc(S(=O)(=O)N(CCN(C)C)C[C@@H](O)[C@H](Cc2ccc(O)cc2)NC(=O)O[C@H]2CO[C@H]3OCC[C@H]32)cc1. The number of carbonyl (C=O) groups excluding carboxylic acids is 1. The zero-order valence-corrected chi connectivity index (χ0v) is 24.3. The standard InChI is InChI=1S/C28H39N3O9S/c1-30(2)13-14-31(41(35,36)22-10-8-21(37-3)9-11-22)17-25(33)24(16-19-4-6-20(32)7-5-19)29-28(34)40-26-18-39-27-23(26)12-15-38-27/h4-11,23-27,32-33H,12-18H2,1-3H3,(H,29,34)/t23-,24-,25+,26-,27+/m0/s1. The number of amides is 1. The molecule has 4 rings (SSSR count). The lowest BCUT2D eigenvalue weighted by Crippen LogP contribution is -2.52. The molecule has 3 N–H and O–H groups in total. The zero-order chi connectivity index (χ0) is 29.6. The molecule has 2 heterocycles. The number of benzene rings is 2. The minimum absolute atomic E-state index is 0.0567. The van der Waals surface area contributed by atoms with Gasteiger partial charge in [-0.1, -0.05) is 12.1 Å². The Morgan fingerprint density at radius 3 is 2.46 bits per heavy atom. The maximum absolute atomic E-state index is 13.6. The Labute approximate surface area is 240 Å². The number of hydrogen-bond acceptors (Lipinski definition) is 10. The number of alkyl carbamates (subject to hydrolysis) is 1. The molecule has 0 aliphatic carbocycles. The van der Waals surface area contributed by atoms with Crippen LogP contribution in [0.2, 0.25) is 0 Å². The number of phenols is 1. The number of hydrogen-bond donors (Lipinski definition) is 3. The molecule has 1 amide bonds. The minimum Gasteiger partial charge on any atom is -0.508 e. The third-order valence-corrected chi connectivity index (χ3v) is 9.17. The van der Waals surface area contributed by atoms with E-state index in [1.165, 1.54) is 35.7 Å². The fraction of sp³-hybridized carbons (Fsp3) is 0.536. The molecule has 5 atom stereocenters. The van der Waals surface area contributed by atoms with Crippen LogP contribution in [0, 0.1) is 5.92 Å². The Hall–Kier alpha value is -2.94. The van der Waals surface area contributed by atoms with E-state index < -0.39 is 34.4 Å². The molecule has 0 bridgehead atoms. The molecule has 41 heavy (non-hydrogen) atoms. The van der Waals surface area contributed by atoms with Gasteiger partial charge in [0.15, 0.2) is 6.29 Å². The summed E-state index contributed by atoms with van der Waals surface area (Å²) in [6, 6.07) is 11.5. The van der Waals surface area contributed by atoms with Crippen LogP contribution in [0.25, 0.3) is 0 Å². The highest BCUT2D eigenvalue weighted by Crippen LogP contribution is 2.33. The number of nitrogens with one attached hydrogen (secondary N) is 1. The van der Waals surface area contributed by atoms with E-state index >= 15 is 0 Å². The van der Waals surface area contributed by atoms with Crippen molar-refractivity contribution in [3.05, 3.63) is 54.1 Å². The maximum Gasteiger partial charge on any atom is 0.407 e. The number of ether oxygens (including phenoxy) is 4. The molecule has 0 aromatic heterocycles. The van der Waals surface area contributed by atoms with E-state index in [0.29, 0.717) is 25.3 Å². The van der Waals surface area contributed by atoms with E-state index in [-0.39, 0.29) is 49.0 Å². The van der Waals surface area contributed by atoms with Gasteiger partial charge in [0.05, 0.1) is 43.3 Å². The van der Waals surface area contributed by atoms with Crippen molar-refractivity contribution < 1.29 is 42.4 Å². The van der Waals surface area contributed by atoms with Crippen LogP contribution in [0.4, 0.5) is 4.79 Å². The first-order valence-corrected chi connectivity index (χ1v) is 15.0. The van der Waals surface area contributed by atoms with Crippen molar-refractivity contribution in [2.24, 2.45) is 5.92 Å². The van der Waals surface area contributed by atoms with Crippen LogP contribution in [0.15, 0.2) is 53.4 Å². The number of aromatic hydroxyl groups is 1. The van der Waals surface area contributed by atoms with Crippen LogP contribution < -0.4 is 10.1 Å². The lowest BCUT2D eigenvalue weighted by molar-refractivity contribution is -0.0907. The quantitative estimate of drug-likeness (QED) is 0.312. The largest absolute Gasteiger partial charge is 0.508 e. The van der Waals surface area contributed by atoms with Gasteiger partial charge in [-0.2, -0.15) is 4.31 Å². The van der Waals surface area contributed by atoms with Crippen molar-refractivity contribution in [3.63, 3.8) is 0 Å². The lowest BCUT2D eigenvalue weighted by Gasteiger charge is -2.30. The second kappa shape index (κ2) is 13.8. The van der Waals surface area contributed by atoms with Gasteiger partial charge in [-0.3, -0.25) is 0 Å². The van der Waals surface area contributed by atoms with Gasteiger partial charge in [-0.15, -0.1) is 0 Å². The summed E-state index contributed by atoms with van der Waals surface area (Å²) in [4.78, 5) is 14.9. The summed E-state index contributed by atoms with van der Waals surface area (Å²) in [6.45, 7) is 0.983. The smallest absolute Gasteiger partial charge is 0.407 e. The number of likely N-dealkylation sites (N-methyl/N-ethyl adjacent to an activating group) is 1. The Bertz CT molecular complexity index is 1240. The number of aliphatic hydroxyl groups is 1. The molecule has 2 saturated heterocycles. The van der Waals surface area contributed by atoms with Gasteiger partial charge in [0.1, 0.15) is 17.6 Å². The molecule has 13 heteroatoms. The van der Waals surface area contributed by atoms with E-state index in [9.17, 15) is 23.4 Å². The molecule has 0 unspecified atom stereocenters. The molecular formula is C28H39N3O9S.